The number of hydrogen-bond donors (Lipinski definition) is 0. The Balaban J connectivity index is 1.57. The molecular formula is C15H20N4O3S2. The summed E-state index contributed by atoms with van der Waals surface area (Å²) in [6.07, 6.45) is 1.87. The third-order valence-corrected chi connectivity index (χ3v) is 7.25. The van der Waals surface area contributed by atoms with Gasteiger partial charge in [0.05, 0.1) is 18.3 Å². The first-order valence-electron chi connectivity index (χ1n) is 8.19. The highest BCUT2D eigenvalue weighted by atomic mass is 32.2. The summed E-state index contributed by atoms with van der Waals surface area (Å²) in [5.74, 6) is 0. The molecule has 2 aromatic rings. The van der Waals surface area contributed by atoms with Crippen LogP contribution in [0.3, 0.4) is 0 Å². The highest BCUT2D eigenvalue weighted by Crippen LogP contribution is 2.25. The largest absolute Gasteiger partial charge is 0.380 e. The lowest BCUT2D eigenvalue weighted by Crippen LogP contribution is -2.39. The van der Waals surface area contributed by atoms with Crippen molar-refractivity contribution < 1.29 is 13.2 Å². The average Bonchev–Trinajstić information content (AvgIpc) is 3.21. The number of rotatable bonds is 3. The van der Waals surface area contributed by atoms with Gasteiger partial charge in [-0.15, -0.1) is 0 Å². The first-order chi connectivity index (χ1) is 11.7. The van der Waals surface area contributed by atoms with Crippen molar-refractivity contribution in [1.82, 2.24) is 18.0 Å². The van der Waals surface area contributed by atoms with Crippen LogP contribution in [0.5, 0.6) is 0 Å². The highest BCUT2D eigenvalue weighted by molar-refractivity contribution is 7.89. The van der Waals surface area contributed by atoms with Gasteiger partial charge in [-0.2, -0.15) is 13.1 Å². The molecule has 1 aromatic heterocycles. The Hall–Kier alpha value is -1.13. The van der Waals surface area contributed by atoms with Crippen LogP contribution in [-0.2, 0) is 14.8 Å². The topological polar surface area (TPSA) is 75.6 Å². The number of ether oxygens (including phenoxy) is 1. The molecule has 2 saturated heterocycles. The molecule has 1 atom stereocenters. The van der Waals surface area contributed by atoms with Gasteiger partial charge in [0.15, 0.2) is 0 Å². The molecule has 0 N–H and O–H groups in total. The smallest absolute Gasteiger partial charge is 0.245 e. The summed E-state index contributed by atoms with van der Waals surface area (Å²) in [7, 11) is -3.55. The minimum atomic E-state index is -3.55. The van der Waals surface area contributed by atoms with Crippen LogP contribution in [0.4, 0.5) is 0 Å². The zero-order valence-corrected chi connectivity index (χ0v) is 14.9. The molecule has 0 bridgehead atoms. The Kier molecular flexibility index (Phi) is 4.52. The van der Waals surface area contributed by atoms with Gasteiger partial charge in [0.25, 0.3) is 0 Å². The van der Waals surface area contributed by atoms with Crippen molar-refractivity contribution in [2.45, 2.75) is 23.8 Å². The van der Waals surface area contributed by atoms with Gasteiger partial charge in [-0.3, -0.25) is 4.90 Å². The van der Waals surface area contributed by atoms with Crippen molar-refractivity contribution in [3.05, 3.63) is 18.2 Å². The van der Waals surface area contributed by atoms with Crippen LogP contribution in [0.25, 0.3) is 11.0 Å². The molecule has 0 aliphatic carbocycles. The van der Waals surface area contributed by atoms with E-state index in [1.165, 1.54) is 0 Å². The second kappa shape index (κ2) is 6.64. The van der Waals surface area contributed by atoms with Gasteiger partial charge in [0, 0.05) is 32.3 Å². The van der Waals surface area contributed by atoms with E-state index in [1.54, 1.807) is 22.5 Å². The van der Waals surface area contributed by atoms with Gasteiger partial charge in [-0.25, -0.2) is 8.42 Å². The third kappa shape index (κ3) is 2.95. The first kappa shape index (κ1) is 16.3. The van der Waals surface area contributed by atoms with Crippen molar-refractivity contribution >= 4 is 32.8 Å². The molecule has 130 valence electrons. The summed E-state index contributed by atoms with van der Waals surface area (Å²) in [5, 5.41) is 0. The summed E-state index contributed by atoms with van der Waals surface area (Å²) in [5.41, 5.74) is 1.12. The lowest BCUT2D eigenvalue weighted by molar-refractivity contribution is 0.147. The van der Waals surface area contributed by atoms with Crippen molar-refractivity contribution in [2.75, 3.05) is 39.4 Å². The molecule has 4 rings (SSSR count). The predicted octanol–water partition coefficient (Wildman–Crippen LogP) is 1.18. The summed E-state index contributed by atoms with van der Waals surface area (Å²) >= 11 is 1.05. The molecule has 9 heteroatoms. The highest BCUT2D eigenvalue weighted by Gasteiger charge is 2.31. The number of hydrogen-bond acceptors (Lipinski definition) is 7. The van der Waals surface area contributed by atoms with E-state index >= 15 is 0 Å². The molecule has 0 radical (unpaired) electrons. The molecule has 1 aromatic carbocycles. The maximum atomic E-state index is 13.1. The van der Waals surface area contributed by atoms with E-state index in [-0.39, 0.29) is 4.90 Å². The van der Waals surface area contributed by atoms with E-state index in [2.05, 4.69) is 13.6 Å². The maximum Gasteiger partial charge on any atom is 0.245 e. The van der Waals surface area contributed by atoms with Crippen molar-refractivity contribution in [3.8, 4) is 0 Å². The number of sulfonamides is 1. The average molecular weight is 368 g/mol. The minimum Gasteiger partial charge on any atom is -0.380 e. The Morgan fingerprint density at radius 3 is 2.92 bits per heavy atom. The molecule has 1 unspecified atom stereocenters. The Morgan fingerprint density at radius 1 is 1.17 bits per heavy atom. The van der Waals surface area contributed by atoms with Crippen LogP contribution >= 0.6 is 11.7 Å². The SMILES string of the molecule is O=S(=O)(c1cccc2nsnc12)N1CCCN(C2CCOC2)CC1. The van der Waals surface area contributed by atoms with E-state index < -0.39 is 10.0 Å². The molecule has 2 aliphatic heterocycles. The Bertz CT molecular complexity index is 817. The summed E-state index contributed by atoms with van der Waals surface area (Å²) in [4.78, 5) is 2.64. The number of fused-ring (bicyclic) bond motifs is 1. The fraction of sp³-hybridized carbons (Fsp3) is 0.600. The predicted molar refractivity (Wildman–Crippen MR) is 91.6 cm³/mol. The molecule has 24 heavy (non-hydrogen) atoms. The lowest BCUT2D eigenvalue weighted by Gasteiger charge is -2.26. The minimum absolute atomic E-state index is 0.270. The van der Waals surface area contributed by atoms with Gasteiger partial charge in [-0.1, -0.05) is 6.07 Å². The third-order valence-electron chi connectivity index (χ3n) is 4.78. The Morgan fingerprint density at radius 2 is 2.08 bits per heavy atom. The van der Waals surface area contributed by atoms with Crippen molar-refractivity contribution in [3.63, 3.8) is 0 Å². The molecule has 2 aliphatic rings. The van der Waals surface area contributed by atoms with E-state index in [1.807, 2.05) is 0 Å². The summed E-state index contributed by atoms with van der Waals surface area (Å²) in [6, 6.07) is 5.59. The molecular weight excluding hydrogens is 348 g/mol. The van der Waals surface area contributed by atoms with Crippen LogP contribution in [-0.4, -0.2) is 71.8 Å². The van der Waals surface area contributed by atoms with E-state index in [9.17, 15) is 8.42 Å². The standard InChI is InChI=1S/C15H20N4O3S2/c20-24(21,14-4-1-3-13-15(14)17-23-16-13)19-7-2-6-18(8-9-19)12-5-10-22-11-12/h1,3-4,12H,2,5-11H2. The second-order valence-electron chi connectivity index (χ2n) is 6.20. The molecule has 0 spiro atoms. The summed E-state index contributed by atoms with van der Waals surface area (Å²) < 4.78 is 41.6. The molecule has 7 nitrogen and oxygen atoms in total. The normalized spacial score (nSPS) is 24.4. The van der Waals surface area contributed by atoms with Crippen LogP contribution in [0.15, 0.2) is 23.1 Å². The molecule has 0 saturated carbocycles. The number of nitrogens with zero attached hydrogens (tertiary/aromatic N) is 4. The Labute approximate surface area is 145 Å². The van der Waals surface area contributed by atoms with Crippen molar-refractivity contribution in [1.29, 1.82) is 0 Å². The molecule has 0 amide bonds. The van der Waals surface area contributed by atoms with Gasteiger partial charge < -0.3 is 4.74 Å². The second-order valence-corrected chi connectivity index (χ2v) is 8.63. The van der Waals surface area contributed by atoms with Crippen molar-refractivity contribution in [2.24, 2.45) is 0 Å². The fourth-order valence-electron chi connectivity index (χ4n) is 3.46. The van der Waals surface area contributed by atoms with Gasteiger partial charge >= 0.3 is 0 Å². The van der Waals surface area contributed by atoms with Gasteiger partial charge in [0.1, 0.15) is 15.9 Å². The number of aromatic nitrogens is 2. The van der Waals surface area contributed by atoms with Gasteiger partial charge in [0.2, 0.25) is 10.0 Å². The molecule has 2 fully saturated rings. The van der Waals surface area contributed by atoms with Crippen LogP contribution in [0.2, 0.25) is 0 Å². The lowest BCUT2D eigenvalue weighted by atomic mass is 10.2. The monoisotopic (exact) mass is 368 g/mol. The molecule has 3 heterocycles. The number of benzene rings is 1. The fourth-order valence-corrected chi connectivity index (χ4v) is 5.68. The maximum absolute atomic E-state index is 13.1. The van der Waals surface area contributed by atoms with E-state index in [0.717, 1.165) is 50.9 Å². The van der Waals surface area contributed by atoms with E-state index in [0.29, 0.717) is 30.2 Å². The summed E-state index contributed by atoms with van der Waals surface area (Å²) in [6.45, 7) is 4.28. The van der Waals surface area contributed by atoms with Crippen LogP contribution in [0, 0.1) is 0 Å². The van der Waals surface area contributed by atoms with E-state index in [4.69, 9.17) is 4.74 Å². The van der Waals surface area contributed by atoms with Crippen LogP contribution < -0.4 is 0 Å². The first-order valence-corrected chi connectivity index (χ1v) is 10.4. The van der Waals surface area contributed by atoms with Crippen LogP contribution in [0.1, 0.15) is 12.8 Å². The van der Waals surface area contributed by atoms with Gasteiger partial charge in [-0.05, 0) is 31.5 Å². The zero-order chi connectivity index (χ0) is 16.6. The quantitative estimate of drug-likeness (QED) is 0.810. The zero-order valence-electron chi connectivity index (χ0n) is 13.3.